The summed E-state index contributed by atoms with van der Waals surface area (Å²) in [4.78, 5) is 8.47. The number of benzene rings is 1. The molecule has 4 atom stereocenters. The highest BCUT2D eigenvalue weighted by Crippen LogP contribution is 2.46. The van der Waals surface area contributed by atoms with Gasteiger partial charge in [0.1, 0.15) is 18.6 Å². The average molecular weight is 657 g/mol. The van der Waals surface area contributed by atoms with Crippen LogP contribution < -0.4 is 10.9 Å². The minimum Gasteiger partial charge on any atom is -0.406 e. The number of azo groups is 2. The third-order valence-electron chi connectivity index (χ3n) is 8.68. The van der Waals surface area contributed by atoms with E-state index >= 15 is 0 Å². The lowest BCUT2D eigenvalue weighted by molar-refractivity contribution is -0.670. The maximum atomic E-state index is 9.14. The fourth-order valence-corrected chi connectivity index (χ4v) is 13.0. The van der Waals surface area contributed by atoms with E-state index in [2.05, 4.69) is 107 Å². The number of hydrogen-bond donors (Lipinski definition) is 1. The lowest BCUT2D eigenvalue weighted by Crippen LogP contribution is -2.58. The summed E-state index contributed by atoms with van der Waals surface area (Å²) in [5.74, 6) is 0.392. The summed E-state index contributed by atoms with van der Waals surface area (Å²) in [7, 11) is -3.87. The van der Waals surface area contributed by atoms with Crippen molar-refractivity contribution in [2.45, 2.75) is 130 Å². The van der Waals surface area contributed by atoms with Crippen molar-refractivity contribution in [3.63, 3.8) is 0 Å². The summed E-state index contributed by atoms with van der Waals surface area (Å²) in [5.41, 5.74) is 9.27. The molecule has 4 unspecified atom stereocenters. The standard InChI is InChI=1S/C32H50N7O4PSi/c1-10-28-29(17-30(42-28)38-18-27-31(37-38)32(34)36-20-35-27)43-45(23(6)7,24(8)9)26-13-11-25(12-14-26)19-41-44(40-16-15-33)39(21(2)3)22(4)5/h11-14,20-24,28-30,34H,10,16-19H2,1-9H3/p+1. The Labute approximate surface area is 271 Å². The first kappa shape index (κ1) is 35.5. The van der Waals surface area contributed by atoms with Crippen LogP contribution in [0.2, 0.25) is 11.1 Å². The first-order valence-electron chi connectivity index (χ1n) is 16.1. The third kappa shape index (κ3) is 7.79. The van der Waals surface area contributed by atoms with Crippen LogP contribution in [0.25, 0.3) is 0 Å². The Hall–Kier alpha value is -2.36. The molecular formula is C32H51N7O4PSi+. The summed E-state index contributed by atoms with van der Waals surface area (Å²) in [5, 5.41) is 15.1. The summed E-state index contributed by atoms with van der Waals surface area (Å²) in [6.45, 7) is 20.7. The van der Waals surface area contributed by atoms with Crippen molar-refractivity contribution in [1.82, 2.24) is 14.6 Å². The van der Waals surface area contributed by atoms with Crippen LogP contribution in [-0.4, -0.2) is 64.8 Å². The molecule has 2 aliphatic heterocycles. The van der Waals surface area contributed by atoms with Crippen molar-refractivity contribution in [2.75, 3.05) is 12.3 Å². The van der Waals surface area contributed by atoms with E-state index < -0.39 is 16.8 Å². The summed E-state index contributed by atoms with van der Waals surface area (Å²) < 4.78 is 30.3. The smallest absolute Gasteiger partial charge is 0.285 e. The number of fused-ring (bicyclic) bond motifs is 1. The Balaban J connectivity index is 1.52. The van der Waals surface area contributed by atoms with E-state index in [1.165, 1.54) is 11.5 Å². The number of nitrogens with two attached hydrogens (primary N) is 1. The number of nitrogens with zero attached hydrogens (tertiary/aromatic N) is 6. The molecule has 4 rings (SSSR count). The zero-order valence-electron chi connectivity index (χ0n) is 28.3. The lowest BCUT2D eigenvalue weighted by atomic mass is 10.1. The van der Waals surface area contributed by atoms with Gasteiger partial charge >= 0.3 is 0 Å². The first-order chi connectivity index (χ1) is 21.4. The van der Waals surface area contributed by atoms with Gasteiger partial charge in [0.2, 0.25) is 14.9 Å². The minimum atomic E-state index is -2.50. The van der Waals surface area contributed by atoms with E-state index in [-0.39, 0.29) is 37.1 Å². The number of ether oxygens (including phenoxy) is 1. The molecule has 13 heteroatoms. The summed E-state index contributed by atoms with van der Waals surface area (Å²) in [6, 6.07) is 11.3. The minimum absolute atomic E-state index is 0.000248. The van der Waals surface area contributed by atoms with Crippen molar-refractivity contribution < 1.29 is 22.9 Å². The molecule has 1 aromatic carbocycles. The summed E-state index contributed by atoms with van der Waals surface area (Å²) in [6.07, 6.45) is 2.75. The largest absolute Gasteiger partial charge is 0.406 e. The maximum absolute atomic E-state index is 9.14. The Morgan fingerprint density at radius 2 is 1.73 bits per heavy atom. The topological polar surface area (TPSA) is 131 Å². The Morgan fingerprint density at radius 3 is 2.29 bits per heavy atom. The van der Waals surface area contributed by atoms with Gasteiger partial charge in [0, 0.05) is 17.2 Å². The molecule has 2 N–H and O–H groups in total. The fraction of sp³-hybridized carbons (Fsp3) is 0.656. The van der Waals surface area contributed by atoms with E-state index in [0.29, 0.717) is 35.7 Å². The molecule has 3 heterocycles. The summed E-state index contributed by atoms with van der Waals surface area (Å²) >= 11 is 0. The molecule has 2 aromatic rings. The van der Waals surface area contributed by atoms with Gasteiger partial charge in [-0.3, -0.25) is 0 Å². The van der Waals surface area contributed by atoms with Gasteiger partial charge < -0.3 is 23.9 Å². The molecule has 0 aliphatic carbocycles. The molecule has 0 amide bonds. The third-order valence-corrected chi connectivity index (χ3v) is 16.0. The molecule has 45 heavy (non-hydrogen) atoms. The number of hydrogen-bond acceptors (Lipinski definition) is 10. The van der Waals surface area contributed by atoms with Crippen molar-refractivity contribution in [3.8, 4) is 6.07 Å². The number of nitrogen functional groups attached to an aromatic ring is 1. The average Bonchev–Trinajstić information content (AvgIpc) is 3.61. The van der Waals surface area contributed by atoms with Crippen LogP contribution in [0.4, 0.5) is 11.5 Å². The monoisotopic (exact) mass is 656 g/mol. The van der Waals surface area contributed by atoms with E-state index in [1.54, 1.807) is 0 Å². The molecule has 246 valence electrons. The van der Waals surface area contributed by atoms with Crippen LogP contribution in [0.3, 0.4) is 0 Å². The van der Waals surface area contributed by atoms with Crippen LogP contribution in [0.5, 0.6) is 0 Å². The number of rotatable bonds is 15. The fourth-order valence-electron chi connectivity index (χ4n) is 6.65. The number of anilines is 1. The molecule has 2 aliphatic rings. The van der Waals surface area contributed by atoms with Crippen LogP contribution in [0.15, 0.2) is 35.7 Å². The van der Waals surface area contributed by atoms with Crippen molar-refractivity contribution in [2.24, 2.45) is 5.11 Å². The van der Waals surface area contributed by atoms with Gasteiger partial charge in [-0.1, -0.05) is 63.6 Å². The molecule has 0 bridgehead atoms. The number of aromatic nitrogens is 2. The van der Waals surface area contributed by atoms with E-state index in [4.69, 9.17) is 34.3 Å². The molecule has 0 spiro atoms. The van der Waals surface area contributed by atoms with Crippen LogP contribution in [0.1, 0.15) is 86.4 Å². The molecule has 1 aromatic heterocycles. The first-order valence-corrected chi connectivity index (χ1v) is 19.3. The highest BCUT2D eigenvalue weighted by Gasteiger charge is 2.51. The van der Waals surface area contributed by atoms with E-state index in [0.717, 1.165) is 24.1 Å². The Bertz CT molecular complexity index is 1340. The lowest BCUT2D eigenvalue weighted by Gasteiger charge is -2.42. The predicted molar refractivity (Wildman–Crippen MR) is 178 cm³/mol. The van der Waals surface area contributed by atoms with Gasteiger partial charge in [-0.2, -0.15) is 5.26 Å². The molecule has 0 saturated carbocycles. The molecule has 1 fully saturated rings. The van der Waals surface area contributed by atoms with Crippen molar-refractivity contribution >= 4 is 33.5 Å². The number of nitriles is 1. The Kier molecular flexibility index (Phi) is 12.2. The van der Waals surface area contributed by atoms with Gasteiger partial charge in [-0.15, -0.1) is 0 Å². The van der Waals surface area contributed by atoms with E-state index in [9.17, 15) is 0 Å². The van der Waals surface area contributed by atoms with Gasteiger partial charge in [0.25, 0.3) is 14.8 Å². The second kappa shape index (κ2) is 15.5. The highest BCUT2D eigenvalue weighted by atomic mass is 31.2. The Morgan fingerprint density at radius 1 is 1.07 bits per heavy atom. The zero-order chi connectivity index (χ0) is 32.9. The zero-order valence-corrected chi connectivity index (χ0v) is 30.2. The van der Waals surface area contributed by atoms with Crippen LogP contribution in [-0.2, 0) is 31.4 Å². The predicted octanol–water partition coefficient (Wildman–Crippen LogP) is 6.65. The highest BCUT2D eigenvalue weighted by molar-refractivity contribution is 7.44. The van der Waals surface area contributed by atoms with Gasteiger partial charge in [0.05, 0.1) is 31.3 Å². The van der Waals surface area contributed by atoms with Crippen molar-refractivity contribution in [1.29, 1.82) is 5.26 Å². The second-order valence-electron chi connectivity index (χ2n) is 13.0. The molecular weight excluding hydrogens is 605 g/mol. The normalized spacial score (nSPS) is 20.8. The molecule has 0 radical (unpaired) electrons. The SMILES string of the molecule is CCC1OC([N+]2=Nc3c(N)ncnc3C2)CC1O[Si](c1ccc(COP(OCC#N)N(C(C)C)C(C)C)cc1)(C(C)C)C(C)C. The maximum Gasteiger partial charge on any atom is 0.285 e. The molecule has 1 saturated heterocycles. The van der Waals surface area contributed by atoms with Crippen molar-refractivity contribution in [3.05, 3.63) is 41.9 Å². The van der Waals surface area contributed by atoms with Gasteiger partial charge in [-0.25, -0.2) is 14.6 Å². The van der Waals surface area contributed by atoms with E-state index in [1.807, 2.05) is 4.70 Å². The van der Waals surface area contributed by atoms with Gasteiger partial charge in [0.15, 0.2) is 11.5 Å². The van der Waals surface area contributed by atoms with Crippen LogP contribution in [0, 0.1) is 11.3 Å². The quantitative estimate of drug-likeness (QED) is 0.127. The van der Waals surface area contributed by atoms with Gasteiger partial charge in [-0.05, 0) is 55.9 Å². The van der Waals surface area contributed by atoms with Crippen LogP contribution >= 0.6 is 8.53 Å². The molecule has 11 nitrogen and oxygen atoms in total. The second-order valence-corrected chi connectivity index (χ2v) is 19.2.